The van der Waals surface area contributed by atoms with Crippen molar-refractivity contribution in [1.29, 1.82) is 0 Å². The Balaban J connectivity index is 1.08. The lowest BCUT2D eigenvalue weighted by atomic mass is 9.95. The number of amides is 3. The van der Waals surface area contributed by atoms with Gasteiger partial charge in [0.15, 0.2) is 0 Å². The lowest BCUT2D eigenvalue weighted by Gasteiger charge is -2.17. The predicted octanol–water partition coefficient (Wildman–Crippen LogP) is 8.17. The molecule has 0 spiro atoms. The number of H-pyrrole nitrogens is 2. The van der Waals surface area contributed by atoms with Gasteiger partial charge < -0.3 is 30.6 Å². The molecule has 244 valence electrons. The number of rotatable bonds is 8. The quantitative estimate of drug-likeness (QED) is 0.0716. The highest BCUT2D eigenvalue weighted by Crippen LogP contribution is 2.45. The average molecular weight is 680 g/mol. The first-order valence-electron chi connectivity index (χ1n) is 15.7. The molecule has 0 fully saturated rings. The molecule has 0 saturated heterocycles. The fourth-order valence-corrected chi connectivity index (χ4v) is 6.75. The van der Waals surface area contributed by atoms with E-state index < -0.39 is 0 Å². The third kappa shape index (κ3) is 6.09. The van der Waals surface area contributed by atoms with Crippen LogP contribution in [-0.2, 0) is 4.79 Å². The molecule has 5 N–H and O–H groups in total. The van der Waals surface area contributed by atoms with Gasteiger partial charge in [-0.25, -0.2) is 0 Å². The molecular weight excluding hydrogens is 646 g/mol. The maximum Gasteiger partial charge on any atom is 0.274 e. The maximum absolute atomic E-state index is 13.8. The molecule has 1 unspecified atom stereocenters. The van der Waals surface area contributed by atoms with Gasteiger partial charge >= 0.3 is 0 Å². The highest BCUT2D eigenvalue weighted by molar-refractivity contribution is 7.81. The number of carbonyl (C=O) groups is 3. The molecule has 3 amide bonds. The van der Waals surface area contributed by atoms with Crippen LogP contribution in [0.15, 0.2) is 78.9 Å². The van der Waals surface area contributed by atoms with E-state index in [1.165, 1.54) is 0 Å². The molecule has 2 aromatic heterocycles. The van der Waals surface area contributed by atoms with E-state index >= 15 is 0 Å². The van der Waals surface area contributed by atoms with Crippen LogP contribution in [0.2, 0.25) is 0 Å². The van der Waals surface area contributed by atoms with Crippen molar-refractivity contribution in [3.8, 4) is 5.75 Å². The number of benzene rings is 4. The second kappa shape index (κ2) is 12.3. The van der Waals surface area contributed by atoms with Crippen LogP contribution in [0.4, 0.5) is 17.1 Å². The molecule has 9 nitrogen and oxygen atoms in total. The molecule has 48 heavy (non-hydrogen) atoms. The van der Waals surface area contributed by atoms with Crippen molar-refractivity contribution in [1.82, 2.24) is 9.97 Å². The minimum atomic E-state index is -0.327. The number of halogens is 1. The summed E-state index contributed by atoms with van der Waals surface area (Å²) in [7, 11) is 0. The molecule has 11 heteroatoms. The van der Waals surface area contributed by atoms with Crippen LogP contribution in [0, 0.1) is 0 Å². The molecule has 0 saturated carbocycles. The van der Waals surface area contributed by atoms with E-state index in [1.807, 2.05) is 62.4 Å². The third-order valence-electron chi connectivity index (χ3n) is 8.80. The van der Waals surface area contributed by atoms with Gasteiger partial charge in [-0.15, -0.1) is 11.6 Å². The van der Waals surface area contributed by atoms with Gasteiger partial charge in [0.1, 0.15) is 17.1 Å². The van der Waals surface area contributed by atoms with Crippen LogP contribution in [0.3, 0.4) is 0 Å². The third-order valence-corrected chi connectivity index (χ3v) is 9.39. The van der Waals surface area contributed by atoms with E-state index in [0.29, 0.717) is 53.7 Å². The number of thiol groups is 1. The Hall–Kier alpha value is -4.93. The molecule has 4 aromatic carbocycles. The largest absolute Gasteiger partial charge is 0.507 e. The Kier molecular flexibility index (Phi) is 8.09. The summed E-state index contributed by atoms with van der Waals surface area (Å²) in [6.45, 7) is 4.34. The minimum Gasteiger partial charge on any atom is -0.507 e. The normalized spacial score (nSPS) is 14.5. The summed E-state index contributed by atoms with van der Waals surface area (Å²) in [5, 5.41) is 19.8. The van der Waals surface area contributed by atoms with Crippen LogP contribution in [-0.4, -0.2) is 50.0 Å². The molecule has 3 heterocycles. The summed E-state index contributed by atoms with van der Waals surface area (Å²) in [5.74, 6) is -0.280. The van der Waals surface area contributed by atoms with E-state index in [0.717, 1.165) is 38.1 Å². The van der Waals surface area contributed by atoms with Gasteiger partial charge in [-0.05, 0) is 65.9 Å². The van der Waals surface area contributed by atoms with E-state index in [1.54, 1.807) is 35.2 Å². The molecule has 7 rings (SSSR count). The van der Waals surface area contributed by atoms with Crippen molar-refractivity contribution in [3.63, 3.8) is 0 Å². The zero-order chi connectivity index (χ0) is 33.7. The Labute approximate surface area is 287 Å². The highest BCUT2D eigenvalue weighted by Gasteiger charge is 2.35. The Bertz CT molecular complexity index is 2250. The number of nitrogens with zero attached hydrogens (tertiary/aromatic N) is 1. The van der Waals surface area contributed by atoms with Crippen molar-refractivity contribution >= 4 is 91.6 Å². The van der Waals surface area contributed by atoms with Crippen LogP contribution in [0.1, 0.15) is 59.1 Å². The van der Waals surface area contributed by atoms with Gasteiger partial charge in [-0.3, -0.25) is 14.4 Å². The summed E-state index contributed by atoms with van der Waals surface area (Å²) in [5.41, 5.74) is 5.08. The van der Waals surface area contributed by atoms with Crippen molar-refractivity contribution in [2.24, 2.45) is 0 Å². The van der Waals surface area contributed by atoms with Gasteiger partial charge in [0.2, 0.25) is 5.91 Å². The van der Waals surface area contributed by atoms with Gasteiger partial charge in [-0.1, -0.05) is 38.1 Å². The SMILES string of the molecule is CC(C)(S)CCC(=O)Nc1ccc2[nH]c(C(=O)Nc3ccc4[nH]c(C(=O)N5CC(CCl)c6c5cc(O)c5ccccc65)cc4c3)cc2c1. The maximum atomic E-state index is 13.8. The number of aromatic amines is 2. The number of alkyl halides is 1. The standard InChI is InChI=1S/C37H34ClN5O4S/c1-37(2,48)12-11-33(45)39-23-7-9-27-20(13-23)15-29(41-27)35(46)40-24-8-10-28-21(14-24)16-30(42-28)36(47)43-19-22(18-38)34-26-6-4-3-5-25(26)32(44)17-31(34)43/h3-10,13-17,22,41-42,44,48H,11-12,18-19H2,1-2H3,(H,39,45)(H,40,46). The molecule has 0 aliphatic carbocycles. The number of anilines is 3. The topological polar surface area (TPSA) is 130 Å². The van der Waals surface area contributed by atoms with Crippen LogP contribution in [0.25, 0.3) is 32.6 Å². The molecule has 1 aliphatic heterocycles. The number of hydrogen-bond donors (Lipinski definition) is 6. The molecular formula is C37H34ClN5O4S. The molecule has 1 atom stereocenters. The summed E-state index contributed by atoms with van der Waals surface area (Å²) >= 11 is 10.8. The number of fused-ring (bicyclic) bond motifs is 5. The number of phenols is 1. The Morgan fingerprint density at radius 2 is 1.52 bits per heavy atom. The fraction of sp³-hybridized carbons (Fsp3) is 0.216. The van der Waals surface area contributed by atoms with Crippen LogP contribution >= 0.6 is 24.2 Å². The summed E-state index contributed by atoms with van der Waals surface area (Å²) in [4.78, 5) is 47.5. The predicted molar refractivity (Wildman–Crippen MR) is 196 cm³/mol. The fourth-order valence-electron chi connectivity index (χ4n) is 6.39. The zero-order valence-corrected chi connectivity index (χ0v) is 28.0. The van der Waals surface area contributed by atoms with Crippen molar-refractivity contribution in [3.05, 3.63) is 95.8 Å². The highest BCUT2D eigenvalue weighted by atomic mass is 35.5. The van der Waals surface area contributed by atoms with E-state index in [9.17, 15) is 19.5 Å². The molecule has 0 bridgehead atoms. The minimum absolute atomic E-state index is 0.0759. The first-order chi connectivity index (χ1) is 23.0. The lowest BCUT2D eigenvalue weighted by Crippen LogP contribution is -2.30. The van der Waals surface area contributed by atoms with E-state index in [2.05, 4.69) is 33.2 Å². The van der Waals surface area contributed by atoms with E-state index in [-0.39, 0.29) is 34.1 Å². The van der Waals surface area contributed by atoms with Crippen molar-refractivity contribution in [2.45, 2.75) is 37.4 Å². The zero-order valence-electron chi connectivity index (χ0n) is 26.4. The smallest absolute Gasteiger partial charge is 0.274 e. The number of carbonyl (C=O) groups excluding carboxylic acids is 3. The van der Waals surface area contributed by atoms with Crippen molar-refractivity contribution < 1.29 is 19.5 Å². The summed E-state index contributed by atoms with van der Waals surface area (Å²) in [6, 6.07) is 23.6. The number of hydrogen-bond acceptors (Lipinski definition) is 5. The number of phenolic OH excluding ortho intramolecular Hbond substituents is 1. The van der Waals surface area contributed by atoms with Gasteiger partial charge in [0.25, 0.3) is 11.8 Å². The summed E-state index contributed by atoms with van der Waals surface area (Å²) < 4.78 is -0.230. The number of aromatic hydroxyl groups is 1. The van der Waals surface area contributed by atoms with Crippen molar-refractivity contribution in [2.75, 3.05) is 28.0 Å². The Morgan fingerprint density at radius 1 is 0.896 bits per heavy atom. The second-order valence-electron chi connectivity index (χ2n) is 12.9. The number of aromatic nitrogens is 2. The molecule has 0 radical (unpaired) electrons. The first kappa shape index (κ1) is 31.7. The molecule has 1 aliphatic rings. The lowest BCUT2D eigenvalue weighted by molar-refractivity contribution is -0.116. The average Bonchev–Trinajstić information content (AvgIpc) is 3.78. The Morgan fingerprint density at radius 3 is 2.19 bits per heavy atom. The number of nitrogens with one attached hydrogen (secondary N) is 4. The van der Waals surface area contributed by atoms with Crippen LogP contribution in [0.5, 0.6) is 5.75 Å². The second-order valence-corrected chi connectivity index (χ2v) is 14.4. The monoisotopic (exact) mass is 679 g/mol. The van der Waals surface area contributed by atoms with Gasteiger partial charge in [0, 0.05) is 74.1 Å². The van der Waals surface area contributed by atoms with Gasteiger partial charge in [-0.2, -0.15) is 12.6 Å². The first-order valence-corrected chi connectivity index (χ1v) is 16.7. The van der Waals surface area contributed by atoms with Gasteiger partial charge in [0.05, 0.1) is 5.69 Å². The van der Waals surface area contributed by atoms with Crippen LogP contribution < -0.4 is 15.5 Å². The van der Waals surface area contributed by atoms with E-state index in [4.69, 9.17) is 11.6 Å². The molecule has 6 aromatic rings. The summed E-state index contributed by atoms with van der Waals surface area (Å²) in [6.07, 6.45) is 1.01.